The second kappa shape index (κ2) is 7.72. The van der Waals surface area contributed by atoms with Gasteiger partial charge in [0.25, 0.3) is 0 Å². The number of nitrogens with zero attached hydrogens (tertiary/aromatic N) is 1. The van der Waals surface area contributed by atoms with E-state index >= 15 is 0 Å². The minimum absolute atomic E-state index is 0.270. The summed E-state index contributed by atoms with van der Waals surface area (Å²) < 4.78 is 1.06. The monoisotopic (exact) mass is 351 g/mol. The van der Waals surface area contributed by atoms with Crippen molar-refractivity contribution in [2.24, 2.45) is 0 Å². The first-order valence-corrected chi connectivity index (χ1v) is 8.59. The number of aromatic nitrogens is 1. The van der Waals surface area contributed by atoms with Crippen molar-refractivity contribution in [1.82, 2.24) is 15.6 Å². The minimum atomic E-state index is -0.737. The Morgan fingerprint density at radius 2 is 1.80 bits per heavy atom. The predicted molar refractivity (Wildman–Crippen MR) is 100 cm³/mol. The van der Waals surface area contributed by atoms with Crippen molar-refractivity contribution in [1.29, 1.82) is 0 Å². The van der Waals surface area contributed by atoms with Crippen molar-refractivity contribution in [3.05, 3.63) is 71.2 Å². The topological polar surface area (TPSA) is 71.1 Å². The highest BCUT2D eigenvalue weighted by atomic mass is 32.1. The maximum Gasteiger partial charge on any atom is 0.246 e. The standard InChI is InChI=1S/C19H17N3O2S/c1-20-19(24)18(13-7-3-2-4-8-13)22-16(23)11-12-17-21-14-9-5-6-10-15(14)25-17/h2-12,18H,1H3,(H,20,24)(H,22,23)/b12-11+. The molecule has 0 saturated carbocycles. The first-order chi connectivity index (χ1) is 12.2. The Balaban J connectivity index is 1.74. The van der Waals surface area contributed by atoms with E-state index in [1.807, 2.05) is 42.5 Å². The molecule has 2 amide bonds. The van der Waals surface area contributed by atoms with Crippen LogP contribution in [0.5, 0.6) is 0 Å². The highest BCUT2D eigenvalue weighted by Crippen LogP contribution is 2.22. The van der Waals surface area contributed by atoms with Crippen molar-refractivity contribution >= 4 is 39.4 Å². The van der Waals surface area contributed by atoms with Gasteiger partial charge in [-0.1, -0.05) is 42.5 Å². The first-order valence-electron chi connectivity index (χ1n) is 7.78. The number of thiazole rings is 1. The molecule has 2 aromatic carbocycles. The molecular formula is C19H17N3O2S. The van der Waals surface area contributed by atoms with Crippen molar-refractivity contribution in [2.45, 2.75) is 6.04 Å². The molecule has 1 unspecified atom stereocenters. The number of amides is 2. The molecule has 0 aliphatic carbocycles. The normalized spacial score (nSPS) is 12.2. The van der Waals surface area contributed by atoms with Crippen LogP contribution in [0.1, 0.15) is 16.6 Å². The van der Waals surface area contributed by atoms with Gasteiger partial charge >= 0.3 is 0 Å². The molecule has 6 heteroatoms. The third-order valence-electron chi connectivity index (χ3n) is 3.62. The fraction of sp³-hybridized carbons (Fsp3) is 0.105. The summed E-state index contributed by atoms with van der Waals surface area (Å²) in [4.78, 5) is 28.8. The molecule has 0 bridgehead atoms. The lowest BCUT2D eigenvalue weighted by Crippen LogP contribution is -2.38. The lowest BCUT2D eigenvalue weighted by molar-refractivity contribution is -0.126. The van der Waals surface area contributed by atoms with Gasteiger partial charge in [0.15, 0.2) is 0 Å². The van der Waals surface area contributed by atoms with Gasteiger partial charge in [0.2, 0.25) is 11.8 Å². The van der Waals surface area contributed by atoms with Crippen LogP contribution in [0, 0.1) is 0 Å². The number of fused-ring (bicyclic) bond motifs is 1. The third kappa shape index (κ3) is 4.10. The summed E-state index contributed by atoms with van der Waals surface area (Å²) in [5.41, 5.74) is 1.63. The third-order valence-corrected chi connectivity index (χ3v) is 4.62. The molecule has 0 radical (unpaired) electrons. The van der Waals surface area contributed by atoms with Gasteiger partial charge in [-0.15, -0.1) is 11.3 Å². The predicted octanol–water partition coefficient (Wildman–Crippen LogP) is 2.91. The number of hydrogen-bond donors (Lipinski definition) is 2. The quantitative estimate of drug-likeness (QED) is 0.694. The zero-order valence-electron chi connectivity index (χ0n) is 13.6. The Labute approximate surface area is 149 Å². The van der Waals surface area contributed by atoms with E-state index in [0.717, 1.165) is 20.8 Å². The van der Waals surface area contributed by atoms with Crippen LogP contribution in [-0.2, 0) is 9.59 Å². The zero-order chi connectivity index (χ0) is 17.6. The van der Waals surface area contributed by atoms with E-state index in [1.165, 1.54) is 17.4 Å². The van der Waals surface area contributed by atoms with Crippen LogP contribution in [0.4, 0.5) is 0 Å². The number of rotatable bonds is 5. The van der Waals surface area contributed by atoms with Crippen molar-refractivity contribution in [2.75, 3.05) is 7.05 Å². The molecule has 2 N–H and O–H groups in total. The largest absolute Gasteiger partial charge is 0.357 e. The van der Waals surface area contributed by atoms with E-state index in [4.69, 9.17) is 0 Å². The molecule has 1 heterocycles. The summed E-state index contributed by atoms with van der Waals surface area (Å²) in [5.74, 6) is -0.621. The number of hydrogen-bond acceptors (Lipinski definition) is 4. The summed E-state index contributed by atoms with van der Waals surface area (Å²) >= 11 is 1.51. The number of likely N-dealkylation sites (N-methyl/N-ethyl adjacent to an activating group) is 1. The molecule has 3 rings (SSSR count). The SMILES string of the molecule is CNC(=O)C(NC(=O)/C=C/c1nc2ccccc2s1)c1ccccc1. The van der Waals surface area contributed by atoms with Crippen molar-refractivity contribution in [3.63, 3.8) is 0 Å². The summed E-state index contributed by atoms with van der Waals surface area (Å²) in [7, 11) is 1.54. The number of carbonyl (C=O) groups is 2. The van der Waals surface area contributed by atoms with Crippen LogP contribution in [0.15, 0.2) is 60.7 Å². The number of carbonyl (C=O) groups excluding carboxylic acids is 2. The van der Waals surface area contributed by atoms with E-state index in [0.29, 0.717) is 0 Å². The van der Waals surface area contributed by atoms with Gasteiger partial charge in [0.05, 0.1) is 10.2 Å². The van der Waals surface area contributed by atoms with Crippen molar-refractivity contribution in [3.8, 4) is 0 Å². The van der Waals surface area contributed by atoms with E-state index in [1.54, 1.807) is 25.3 Å². The zero-order valence-corrected chi connectivity index (χ0v) is 14.4. The van der Waals surface area contributed by atoms with Gasteiger partial charge in [-0.3, -0.25) is 9.59 Å². The van der Waals surface area contributed by atoms with Crippen LogP contribution < -0.4 is 10.6 Å². The van der Waals surface area contributed by atoms with Crippen LogP contribution in [0.25, 0.3) is 16.3 Å². The second-order valence-electron chi connectivity index (χ2n) is 5.32. The van der Waals surface area contributed by atoms with Crippen LogP contribution in [0.3, 0.4) is 0 Å². The molecule has 25 heavy (non-hydrogen) atoms. The summed E-state index contributed by atoms with van der Waals surface area (Å²) in [6.07, 6.45) is 3.06. The van der Waals surface area contributed by atoms with Crippen LogP contribution in [-0.4, -0.2) is 23.8 Å². The van der Waals surface area contributed by atoms with E-state index in [9.17, 15) is 9.59 Å². The van der Waals surface area contributed by atoms with E-state index in [2.05, 4.69) is 15.6 Å². The van der Waals surface area contributed by atoms with Gasteiger partial charge in [-0.25, -0.2) is 4.98 Å². The smallest absolute Gasteiger partial charge is 0.246 e. The minimum Gasteiger partial charge on any atom is -0.357 e. The van der Waals surface area contributed by atoms with Gasteiger partial charge in [-0.05, 0) is 23.8 Å². The molecule has 0 spiro atoms. The summed E-state index contributed by atoms with van der Waals surface area (Å²) in [6, 6.07) is 16.2. The Bertz CT molecular complexity index is 886. The molecule has 1 aromatic heterocycles. The molecule has 5 nitrogen and oxygen atoms in total. The fourth-order valence-corrected chi connectivity index (χ4v) is 3.26. The molecule has 0 aliphatic heterocycles. The molecule has 126 valence electrons. The van der Waals surface area contributed by atoms with E-state index < -0.39 is 6.04 Å². The number of benzene rings is 2. The molecule has 1 atom stereocenters. The first kappa shape index (κ1) is 16.9. The molecule has 3 aromatic rings. The van der Waals surface area contributed by atoms with Gasteiger partial charge in [-0.2, -0.15) is 0 Å². The number of para-hydroxylation sites is 1. The van der Waals surface area contributed by atoms with Gasteiger partial charge < -0.3 is 10.6 Å². The summed E-state index contributed by atoms with van der Waals surface area (Å²) in [6.45, 7) is 0. The molecule has 0 fully saturated rings. The highest BCUT2D eigenvalue weighted by Gasteiger charge is 2.20. The lowest BCUT2D eigenvalue weighted by Gasteiger charge is -2.16. The van der Waals surface area contributed by atoms with Gasteiger partial charge in [0, 0.05) is 13.1 Å². The molecule has 0 saturated heterocycles. The Kier molecular flexibility index (Phi) is 5.20. The van der Waals surface area contributed by atoms with E-state index in [-0.39, 0.29) is 11.8 Å². The fourth-order valence-electron chi connectivity index (χ4n) is 2.39. The van der Waals surface area contributed by atoms with Crippen LogP contribution in [0.2, 0.25) is 0 Å². The Hall–Kier alpha value is -2.99. The Morgan fingerprint density at radius 1 is 1.08 bits per heavy atom. The second-order valence-corrected chi connectivity index (χ2v) is 6.38. The summed E-state index contributed by atoms with van der Waals surface area (Å²) in [5, 5.41) is 6.04. The van der Waals surface area contributed by atoms with Crippen LogP contribution >= 0.6 is 11.3 Å². The maximum absolute atomic E-state index is 12.2. The molecular weight excluding hydrogens is 334 g/mol. The van der Waals surface area contributed by atoms with Crippen molar-refractivity contribution < 1.29 is 9.59 Å². The average Bonchev–Trinajstić information content (AvgIpc) is 3.07. The average molecular weight is 351 g/mol. The Morgan fingerprint density at radius 3 is 2.52 bits per heavy atom. The van der Waals surface area contributed by atoms with Gasteiger partial charge in [0.1, 0.15) is 11.0 Å². The lowest BCUT2D eigenvalue weighted by atomic mass is 10.1. The molecule has 0 aliphatic rings. The number of nitrogens with one attached hydrogen (secondary N) is 2. The maximum atomic E-state index is 12.2. The highest BCUT2D eigenvalue weighted by molar-refractivity contribution is 7.19.